The topological polar surface area (TPSA) is 43.6 Å². The normalized spacial score (nSPS) is 10.7. The summed E-state index contributed by atoms with van der Waals surface area (Å²) in [5.41, 5.74) is 3.42. The molecule has 100 valence electrons. The van der Waals surface area contributed by atoms with E-state index in [2.05, 4.69) is 27.7 Å². The van der Waals surface area contributed by atoms with Crippen LogP contribution in [0.25, 0.3) is 16.8 Å². The Balaban J connectivity index is 2.17. The van der Waals surface area contributed by atoms with E-state index < -0.39 is 0 Å². The minimum absolute atomic E-state index is 0.362. The second-order valence-corrected chi connectivity index (χ2v) is 5.35. The van der Waals surface area contributed by atoms with Crippen molar-refractivity contribution in [2.45, 2.75) is 0 Å². The Morgan fingerprint density at radius 3 is 2.65 bits per heavy atom. The molecule has 0 N–H and O–H groups in total. The zero-order valence-corrected chi connectivity index (χ0v) is 12.9. The molecule has 0 aliphatic rings. The number of ether oxygens (including phenoxy) is 1. The zero-order chi connectivity index (χ0) is 14.1. The maximum absolute atomic E-state index is 11.6. The molecule has 0 fully saturated rings. The number of rotatable bonds is 2. The zero-order valence-electron chi connectivity index (χ0n) is 10.7. The molecule has 0 bridgehead atoms. The number of hydrogen-bond donors (Lipinski definition) is 0. The first-order valence-corrected chi connectivity index (χ1v) is 7.10. The van der Waals surface area contributed by atoms with Crippen LogP contribution in [0.4, 0.5) is 0 Å². The SMILES string of the molecule is COC(=O)c1ccc2c(I)c(-c3ccccc3)nn2c1. The second-order valence-electron chi connectivity index (χ2n) is 4.27. The number of nitrogens with zero attached hydrogens (tertiary/aromatic N) is 2. The first-order valence-electron chi connectivity index (χ1n) is 6.02. The molecule has 0 aliphatic carbocycles. The Hall–Kier alpha value is -1.89. The van der Waals surface area contributed by atoms with Crippen molar-refractivity contribution in [2.75, 3.05) is 7.11 Å². The van der Waals surface area contributed by atoms with Crippen molar-refractivity contribution in [3.8, 4) is 11.3 Å². The monoisotopic (exact) mass is 378 g/mol. The number of methoxy groups -OCH3 is 1. The van der Waals surface area contributed by atoms with Gasteiger partial charge >= 0.3 is 5.97 Å². The Morgan fingerprint density at radius 2 is 1.95 bits per heavy atom. The third-order valence-electron chi connectivity index (χ3n) is 3.04. The third-order valence-corrected chi connectivity index (χ3v) is 4.10. The Bertz CT molecular complexity index is 781. The minimum atomic E-state index is -0.362. The van der Waals surface area contributed by atoms with Gasteiger partial charge in [0.25, 0.3) is 0 Å². The molecule has 0 saturated heterocycles. The molecule has 0 radical (unpaired) electrons. The summed E-state index contributed by atoms with van der Waals surface area (Å²) >= 11 is 2.28. The summed E-state index contributed by atoms with van der Waals surface area (Å²) in [6, 6.07) is 13.6. The van der Waals surface area contributed by atoms with E-state index in [1.807, 2.05) is 36.4 Å². The summed E-state index contributed by atoms with van der Waals surface area (Å²) in [5.74, 6) is -0.362. The first-order chi connectivity index (χ1) is 9.70. The van der Waals surface area contributed by atoms with Gasteiger partial charge < -0.3 is 4.74 Å². The minimum Gasteiger partial charge on any atom is -0.465 e. The summed E-state index contributed by atoms with van der Waals surface area (Å²) in [6.45, 7) is 0. The molecule has 20 heavy (non-hydrogen) atoms. The highest BCUT2D eigenvalue weighted by Gasteiger charge is 2.14. The number of pyridine rings is 1. The smallest absolute Gasteiger partial charge is 0.339 e. The second kappa shape index (κ2) is 5.24. The molecule has 5 heteroatoms. The number of aromatic nitrogens is 2. The number of esters is 1. The summed E-state index contributed by atoms with van der Waals surface area (Å²) in [5, 5.41) is 4.56. The van der Waals surface area contributed by atoms with Crippen LogP contribution in [-0.4, -0.2) is 22.7 Å². The van der Waals surface area contributed by atoms with Crippen LogP contribution in [0.5, 0.6) is 0 Å². The molecule has 0 unspecified atom stereocenters. The van der Waals surface area contributed by atoms with Gasteiger partial charge in [0.2, 0.25) is 0 Å². The van der Waals surface area contributed by atoms with E-state index in [-0.39, 0.29) is 5.97 Å². The first kappa shape index (κ1) is 13.1. The molecule has 0 spiro atoms. The van der Waals surface area contributed by atoms with Gasteiger partial charge in [-0.05, 0) is 34.7 Å². The molecule has 3 aromatic rings. The van der Waals surface area contributed by atoms with Gasteiger partial charge in [-0.1, -0.05) is 30.3 Å². The van der Waals surface area contributed by atoms with Crippen LogP contribution in [0.15, 0.2) is 48.7 Å². The van der Waals surface area contributed by atoms with Gasteiger partial charge in [-0.15, -0.1) is 0 Å². The van der Waals surface area contributed by atoms with Crippen LogP contribution < -0.4 is 0 Å². The number of carbonyl (C=O) groups excluding carboxylic acids is 1. The van der Waals surface area contributed by atoms with Crippen molar-refractivity contribution >= 4 is 34.1 Å². The van der Waals surface area contributed by atoms with Crippen LogP contribution >= 0.6 is 22.6 Å². The van der Waals surface area contributed by atoms with E-state index in [9.17, 15) is 4.79 Å². The lowest BCUT2D eigenvalue weighted by Crippen LogP contribution is -2.03. The van der Waals surface area contributed by atoms with Crippen LogP contribution in [-0.2, 0) is 4.74 Å². The lowest BCUT2D eigenvalue weighted by molar-refractivity contribution is 0.0600. The van der Waals surface area contributed by atoms with Gasteiger partial charge in [-0.25, -0.2) is 9.31 Å². The lowest BCUT2D eigenvalue weighted by Gasteiger charge is -1.99. The van der Waals surface area contributed by atoms with E-state index in [1.165, 1.54) is 7.11 Å². The fourth-order valence-corrected chi connectivity index (χ4v) is 2.88. The van der Waals surface area contributed by atoms with Gasteiger partial charge in [0, 0.05) is 11.8 Å². The van der Waals surface area contributed by atoms with E-state index >= 15 is 0 Å². The fourth-order valence-electron chi connectivity index (χ4n) is 2.04. The summed E-state index contributed by atoms with van der Waals surface area (Å²) < 4.78 is 7.50. The van der Waals surface area contributed by atoms with E-state index in [1.54, 1.807) is 16.8 Å². The predicted molar refractivity (Wildman–Crippen MR) is 84.7 cm³/mol. The highest BCUT2D eigenvalue weighted by molar-refractivity contribution is 14.1. The van der Waals surface area contributed by atoms with Crippen LogP contribution in [0.3, 0.4) is 0 Å². The average molecular weight is 378 g/mol. The Morgan fingerprint density at radius 1 is 1.20 bits per heavy atom. The van der Waals surface area contributed by atoms with Crippen molar-refractivity contribution in [3.05, 3.63) is 57.8 Å². The van der Waals surface area contributed by atoms with E-state index in [4.69, 9.17) is 4.74 Å². The third kappa shape index (κ3) is 2.18. The van der Waals surface area contributed by atoms with Gasteiger partial charge in [-0.3, -0.25) is 0 Å². The largest absolute Gasteiger partial charge is 0.465 e. The molecular weight excluding hydrogens is 367 g/mol. The standard InChI is InChI=1S/C15H11IN2O2/c1-20-15(19)11-7-8-12-13(16)14(17-18(12)9-11)10-5-3-2-4-6-10/h2-9H,1H3. The van der Waals surface area contributed by atoms with E-state index in [0.717, 1.165) is 20.3 Å². The van der Waals surface area contributed by atoms with Crippen molar-refractivity contribution in [3.63, 3.8) is 0 Å². The van der Waals surface area contributed by atoms with Crippen molar-refractivity contribution in [1.82, 2.24) is 9.61 Å². The Labute approximate surface area is 129 Å². The van der Waals surface area contributed by atoms with E-state index in [0.29, 0.717) is 5.56 Å². The molecule has 2 aromatic heterocycles. The van der Waals surface area contributed by atoms with Crippen molar-refractivity contribution < 1.29 is 9.53 Å². The average Bonchev–Trinajstić information content (AvgIpc) is 2.84. The van der Waals surface area contributed by atoms with Crippen LogP contribution in [0.1, 0.15) is 10.4 Å². The highest BCUT2D eigenvalue weighted by atomic mass is 127. The molecule has 0 saturated carbocycles. The molecule has 0 aliphatic heterocycles. The summed E-state index contributed by atoms with van der Waals surface area (Å²) in [6.07, 6.45) is 1.69. The summed E-state index contributed by atoms with van der Waals surface area (Å²) in [7, 11) is 1.37. The van der Waals surface area contributed by atoms with Crippen LogP contribution in [0.2, 0.25) is 0 Å². The predicted octanol–water partition coefficient (Wildman–Crippen LogP) is 3.39. The molecule has 1 aromatic carbocycles. The van der Waals surface area contributed by atoms with Gasteiger partial charge in [0.15, 0.2) is 0 Å². The maximum atomic E-state index is 11.6. The highest BCUT2D eigenvalue weighted by Crippen LogP contribution is 2.27. The van der Waals surface area contributed by atoms with Gasteiger partial charge in [-0.2, -0.15) is 5.10 Å². The molecule has 0 atom stereocenters. The maximum Gasteiger partial charge on any atom is 0.339 e. The number of benzene rings is 1. The Kier molecular flexibility index (Phi) is 3.43. The van der Waals surface area contributed by atoms with Gasteiger partial charge in [0.05, 0.1) is 21.8 Å². The summed E-state index contributed by atoms with van der Waals surface area (Å²) in [4.78, 5) is 11.6. The van der Waals surface area contributed by atoms with Crippen molar-refractivity contribution in [1.29, 1.82) is 0 Å². The van der Waals surface area contributed by atoms with Crippen molar-refractivity contribution in [2.24, 2.45) is 0 Å². The number of halogens is 1. The number of carbonyl (C=O) groups is 1. The lowest BCUT2D eigenvalue weighted by atomic mass is 10.1. The quantitative estimate of drug-likeness (QED) is 0.507. The molecule has 2 heterocycles. The molecule has 3 rings (SSSR count). The van der Waals surface area contributed by atoms with Gasteiger partial charge in [0.1, 0.15) is 5.69 Å². The number of fused-ring (bicyclic) bond motifs is 1. The molecular formula is C15H11IN2O2. The molecule has 0 amide bonds. The number of hydrogen-bond acceptors (Lipinski definition) is 3. The molecule has 4 nitrogen and oxygen atoms in total. The van der Waals surface area contributed by atoms with Crippen LogP contribution in [0, 0.1) is 3.57 Å². The fraction of sp³-hybridized carbons (Fsp3) is 0.0667.